The summed E-state index contributed by atoms with van der Waals surface area (Å²) in [7, 11) is 0. The Hall–Kier alpha value is -0.300. The zero-order chi connectivity index (χ0) is 14.6. The Morgan fingerprint density at radius 3 is 1.42 bits per heavy atom. The topological polar surface area (TPSA) is 26.0 Å². The van der Waals surface area contributed by atoms with E-state index in [0.29, 0.717) is 0 Å². The van der Waals surface area contributed by atoms with Gasteiger partial charge < -0.3 is 5.73 Å². The summed E-state index contributed by atoms with van der Waals surface area (Å²) < 4.78 is 0. The first kappa shape index (κ1) is 21.0. The summed E-state index contributed by atoms with van der Waals surface area (Å²) in [5.41, 5.74) is 5.14. The Morgan fingerprint density at radius 2 is 1.11 bits per heavy atom. The molecule has 0 radical (unpaired) electrons. The predicted octanol–water partition coefficient (Wildman–Crippen LogP) is 6.23. The highest BCUT2D eigenvalue weighted by Gasteiger charge is 1.91. The van der Waals surface area contributed by atoms with Crippen LogP contribution in [0.1, 0.15) is 97.3 Å². The van der Waals surface area contributed by atoms with Gasteiger partial charge in [-0.15, -0.1) is 6.58 Å². The zero-order valence-corrected chi connectivity index (χ0v) is 13.8. The maximum absolute atomic E-state index is 5.14. The molecule has 0 atom stereocenters. The molecule has 2 N–H and O–H groups in total. The molecule has 1 nitrogen and oxygen atoms in total. The number of nitrogens with two attached hydrogens (primary N) is 1. The highest BCUT2D eigenvalue weighted by atomic mass is 14.5. The van der Waals surface area contributed by atoms with Gasteiger partial charge in [-0.3, -0.25) is 0 Å². The van der Waals surface area contributed by atoms with E-state index in [2.05, 4.69) is 20.4 Å². The highest BCUT2D eigenvalue weighted by molar-refractivity contribution is 4.65. The van der Waals surface area contributed by atoms with E-state index in [-0.39, 0.29) is 0 Å². The van der Waals surface area contributed by atoms with Crippen LogP contribution in [0.3, 0.4) is 0 Å². The molecule has 0 saturated heterocycles. The molecular weight excluding hydrogens is 230 g/mol. The molecule has 0 aliphatic carbocycles. The van der Waals surface area contributed by atoms with Gasteiger partial charge in [0, 0.05) is 0 Å². The van der Waals surface area contributed by atoms with Crippen LogP contribution in [-0.2, 0) is 0 Å². The van der Waals surface area contributed by atoms with Gasteiger partial charge in [-0.25, -0.2) is 0 Å². The zero-order valence-electron chi connectivity index (χ0n) is 13.8. The van der Waals surface area contributed by atoms with E-state index in [1.807, 2.05) is 6.08 Å². The Labute approximate surface area is 123 Å². The van der Waals surface area contributed by atoms with Crippen molar-refractivity contribution in [1.29, 1.82) is 0 Å². The monoisotopic (exact) mass is 269 g/mol. The summed E-state index contributed by atoms with van der Waals surface area (Å²) in [4.78, 5) is 0. The lowest BCUT2D eigenvalue weighted by Gasteiger charge is -2.00. The largest absolute Gasteiger partial charge is 0.330 e. The summed E-state index contributed by atoms with van der Waals surface area (Å²) in [6, 6.07) is 0. The number of hydrogen-bond donors (Lipinski definition) is 1. The van der Waals surface area contributed by atoms with Crippen molar-refractivity contribution < 1.29 is 0 Å². The fourth-order valence-electron chi connectivity index (χ4n) is 1.98. The van der Waals surface area contributed by atoms with E-state index < -0.39 is 0 Å². The Balaban J connectivity index is 0. The van der Waals surface area contributed by atoms with Gasteiger partial charge in [-0.05, 0) is 25.8 Å². The molecule has 0 rings (SSSR count). The van der Waals surface area contributed by atoms with Crippen molar-refractivity contribution in [3.63, 3.8) is 0 Å². The summed E-state index contributed by atoms with van der Waals surface area (Å²) in [6.45, 7) is 8.99. The maximum atomic E-state index is 5.14. The van der Waals surface area contributed by atoms with E-state index >= 15 is 0 Å². The fourth-order valence-corrected chi connectivity index (χ4v) is 1.98. The molecule has 0 bridgehead atoms. The second-order valence-corrected chi connectivity index (χ2v) is 5.40. The van der Waals surface area contributed by atoms with Crippen LogP contribution in [0.4, 0.5) is 0 Å². The second-order valence-electron chi connectivity index (χ2n) is 5.40. The average Bonchev–Trinajstić information content (AvgIpc) is 2.43. The molecule has 0 aromatic rings. The molecule has 0 unspecified atom stereocenters. The Bertz CT molecular complexity index is 141. The molecule has 0 fully saturated rings. The van der Waals surface area contributed by atoms with E-state index in [4.69, 9.17) is 5.73 Å². The molecule has 0 aromatic heterocycles. The predicted molar refractivity (Wildman–Crippen MR) is 90.6 cm³/mol. The van der Waals surface area contributed by atoms with Crippen molar-refractivity contribution >= 4 is 0 Å². The van der Waals surface area contributed by atoms with Crippen LogP contribution in [0.5, 0.6) is 0 Å². The second kappa shape index (κ2) is 22.8. The molecule has 0 spiro atoms. The van der Waals surface area contributed by atoms with Crippen molar-refractivity contribution in [2.75, 3.05) is 6.54 Å². The molecule has 0 aliphatic heterocycles. The quantitative estimate of drug-likeness (QED) is 0.311. The molecule has 0 heterocycles. The van der Waals surface area contributed by atoms with E-state index in [1.54, 1.807) is 0 Å². The van der Waals surface area contributed by atoms with Crippen LogP contribution in [0, 0.1) is 0 Å². The SMILES string of the molecule is C=CCCCCCCCCCCCC.CCCCN. The standard InChI is InChI=1S/C14H28.C4H11N/c1-3-5-7-9-11-13-14-12-10-8-6-4-2;1-2-3-4-5/h3H,1,4-14H2,2H3;2-5H2,1H3. The lowest BCUT2D eigenvalue weighted by atomic mass is 10.1. The minimum absolute atomic E-state index is 0.844. The molecule has 1 heteroatoms. The van der Waals surface area contributed by atoms with Crippen LogP contribution in [0.15, 0.2) is 12.7 Å². The first-order valence-corrected chi connectivity index (χ1v) is 8.64. The van der Waals surface area contributed by atoms with Gasteiger partial charge in [0.05, 0.1) is 0 Å². The Morgan fingerprint density at radius 1 is 0.684 bits per heavy atom. The smallest absolute Gasteiger partial charge is 0.00774 e. The lowest BCUT2D eigenvalue weighted by molar-refractivity contribution is 0.558. The molecule has 116 valence electrons. The van der Waals surface area contributed by atoms with Gasteiger partial charge in [0.15, 0.2) is 0 Å². The summed E-state index contributed by atoms with van der Waals surface area (Å²) in [5, 5.41) is 0. The molecule has 0 amide bonds. The van der Waals surface area contributed by atoms with Crippen LogP contribution in [-0.4, -0.2) is 6.54 Å². The van der Waals surface area contributed by atoms with Gasteiger partial charge in [0.2, 0.25) is 0 Å². The maximum Gasteiger partial charge on any atom is -0.00774 e. The summed E-state index contributed by atoms with van der Waals surface area (Å²) in [6.07, 6.45) is 19.9. The molecular formula is C18H39N. The van der Waals surface area contributed by atoms with Crippen LogP contribution in [0.2, 0.25) is 0 Å². The van der Waals surface area contributed by atoms with Gasteiger partial charge >= 0.3 is 0 Å². The number of hydrogen-bond acceptors (Lipinski definition) is 1. The number of allylic oxidation sites excluding steroid dienone is 1. The van der Waals surface area contributed by atoms with E-state index in [0.717, 1.165) is 6.54 Å². The molecule has 0 aliphatic rings. The Kier molecular flexibility index (Phi) is 25.3. The third-order valence-electron chi connectivity index (χ3n) is 3.32. The highest BCUT2D eigenvalue weighted by Crippen LogP contribution is 2.11. The van der Waals surface area contributed by atoms with Crippen LogP contribution in [0.25, 0.3) is 0 Å². The van der Waals surface area contributed by atoms with E-state index in [9.17, 15) is 0 Å². The van der Waals surface area contributed by atoms with Crippen molar-refractivity contribution in [2.45, 2.75) is 97.3 Å². The third kappa shape index (κ3) is 27.0. The average molecular weight is 270 g/mol. The normalized spacial score (nSPS) is 9.84. The summed E-state index contributed by atoms with van der Waals surface area (Å²) in [5.74, 6) is 0. The molecule has 0 saturated carbocycles. The lowest BCUT2D eigenvalue weighted by Crippen LogP contribution is -1.95. The van der Waals surface area contributed by atoms with Crippen molar-refractivity contribution in [1.82, 2.24) is 0 Å². The third-order valence-corrected chi connectivity index (χ3v) is 3.32. The van der Waals surface area contributed by atoms with Crippen molar-refractivity contribution in [3.8, 4) is 0 Å². The molecule has 0 aromatic carbocycles. The fraction of sp³-hybridized carbons (Fsp3) is 0.889. The number of rotatable bonds is 13. The van der Waals surface area contributed by atoms with Gasteiger partial charge in [0.1, 0.15) is 0 Å². The minimum Gasteiger partial charge on any atom is -0.330 e. The van der Waals surface area contributed by atoms with Crippen molar-refractivity contribution in [2.24, 2.45) is 5.73 Å². The van der Waals surface area contributed by atoms with Crippen LogP contribution < -0.4 is 5.73 Å². The first-order valence-electron chi connectivity index (χ1n) is 8.64. The van der Waals surface area contributed by atoms with E-state index in [1.165, 1.54) is 83.5 Å². The van der Waals surface area contributed by atoms with Crippen molar-refractivity contribution in [3.05, 3.63) is 12.7 Å². The van der Waals surface area contributed by atoms with Gasteiger partial charge in [-0.2, -0.15) is 0 Å². The summed E-state index contributed by atoms with van der Waals surface area (Å²) >= 11 is 0. The van der Waals surface area contributed by atoms with Gasteiger partial charge in [0.25, 0.3) is 0 Å². The first-order chi connectivity index (χ1) is 9.33. The minimum atomic E-state index is 0.844. The van der Waals surface area contributed by atoms with Gasteiger partial charge in [-0.1, -0.05) is 84.1 Å². The van der Waals surface area contributed by atoms with Crippen LogP contribution >= 0.6 is 0 Å². The number of unbranched alkanes of at least 4 members (excludes halogenated alkanes) is 11. The molecule has 19 heavy (non-hydrogen) atoms.